The number of unbranched alkanes of at least 4 members (excludes halogenated alkanes) is 1. The molecular weight excluding hydrogens is 244 g/mol. The van der Waals surface area contributed by atoms with Crippen molar-refractivity contribution in [1.29, 1.82) is 0 Å². The van der Waals surface area contributed by atoms with Crippen LogP contribution in [0.4, 0.5) is 0 Å². The van der Waals surface area contributed by atoms with E-state index in [0.717, 1.165) is 18.4 Å². The van der Waals surface area contributed by atoms with E-state index in [1.165, 1.54) is 0 Å². The first-order valence-corrected chi connectivity index (χ1v) is 7.96. The first-order valence-electron chi connectivity index (χ1n) is 6.41. The fourth-order valence-corrected chi connectivity index (χ4v) is 3.89. The first-order chi connectivity index (χ1) is 8.48. The summed E-state index contributed by atoms with van der Waals surface area (Å²) in [4.78, 5) is 0.423. The van der Waals surface area contributed by atoms with Crippen LogP contribution in [0.5, 0.6) is 0 Å². The molecular formula is C15H22O2S. The van der Waals surface area contributed by atoms with Crippen molar-refractivity contribution >= 4 is 9.84 Å². The van der Waals surface area contributed by atoms with Gasteiger partial charge in [0.25, 0.3) is 0 Å². The summed E-state index contributed by atoms with van der Waals surface area (Å²) in [5, 5.41) is -0.336. The minimum Gasteiger partial charge on any atom is -0.223 e. The van der Waals surface area contributed by atoms with Crippen LogP contribution in [-0.2, 0) is 9.84 Å². The predicted molar refractivity (Wildman–Crippen MR) is 76.4 cm³/mol. The second-order valence-electron chi connectivity index (χ2n) is 4.78. The van der Waals surface area contributed by atoms with E-state index >= 15 is 0 Å². The lowest BCUT2D eigenvalue weighted by Crippen LogP contribution is -2.22. The summed E-state index contributed by atoms with van der Waals surface area (Å²) >= 11 is 0. The number of allylic oxidation sites excluding steroid dienone is 1. The zero-order chi connectivity index (χ0) is 13.6. The fraction of sp³-hybridized carbons (Fsp3) is 0.467. The molecule has 0 N–H and O–H groups in total. The Balaban J connectivity index is 2.99. The van der Waals surface area contributed by atoms with E-state index in [1.807, 2.05) is 13.0 Å². The van der Waals surface area contributed by atoms with Crippen LogP contribution >= 0.6 is 0 Å². The molecule has 0 saturated carbocycles. The molecule has 0 heterocycles. The average molecular weight is 266 g/mol. The molecule has 0 aliphatic heterocycles. The number of hydrogen-bond donors (Lipinski definition) is 0. The Morgan fingerprint density at radius 1 is 1.28 bits per heavy atom. The standard InChI is InChI=1S/C15H22O2S/c1-4-5-9-15(12-13(2)3)18(16,17)14-10-7-6-8-11-14/h6-8,10-11,15H,2,4-5,9,12H2,1,3H3. The lowest BCUT2D eigenvalue weighted by atomic mass is 10.1. The maximum Gasteiger partial charge on any atom is 0.181 e. The molecule has 0 fully saturated rings. The van der Waals surface area contributed by atoms with Gasteiger partial charge in [-0.25, -0.2) is 8.42 Å². The Bertz CT molecular complexity index is 474. The largest absolute Gasteiger partial charge is 0.223 e. The lowest BCUT2D eigenvalue weighted by molar-refractivity contribution is 0.560. The molecule has 0 amide bonds. The minimum absolute atomic E-state index is 0.336. The summed E-state index contributed by atoms with van der Waals surface area (Å²) in [6, 6.07) is 8.72. The van der Waals surface area contributed by atoms with Crippen LogP contribution in [-0.4, -0.2) is 13.7 Å². The molecule has 1 unspecified atom stereocenters. The average Bonchev–Trinajstić information content (AvgIpc) is 2.35. The van der Waals surface area contributed by atoms with Gasteiger partial charge in [0.15, 0.2) is 9.84 Å². The molecule has 1 aromatic rings. The topological polar surface area (TPSA) is 34.1 Å². The molecule has 0 bridgehead atoms. The molecule has 1 atom stereocenters. The van der Waals surface area contributed by atoms with Crippen molar-refractivity contribution in [1.82, 2.24) is 0 Å². The van der Waals surface area contributed by atoms with Crippen LogP contribution in [0.2, 0.25) is 0 Å². The van der Waals surface area contributed by atoms with E-state index in [0.29, 0.717) is 17.7 Å². The van der Waals surface area contributed by atoms with E-state index in [9.17, 15) is 8.42 Å². The molecule has 0 aliphatic carbocycles. The highest BCUT2D eigenvalue weighted by Crippen LogP contribution is 2.24. The van der Waals surface area contributed by atoms with Crippen LogP contribution in [0.25, 0.3) is 0 Å². The van der Waals surface area contributed by atoms with Crippen LogP contribution in [0.3, 0.4) is 0 Å². The van der Waals surface area contributed by atoms with Gasteiger partial charge in [-0.2, -0.15) is 0 Å². The summed E-state index contributed by atoms with van der Waals surface area (Å²) in [5.74, 6) is 0. The molecule has 0 spiro atoms. The van der Waals surface area contributed by atoms with Gasteiger partial charge in [-0.05, 0) is 31.9 Å². The number of hydrogen-bond acceptors (Lipinski definition) is 2. The number of sulfone groups is 1. The second-order valence-corrected chi connectivity index (χ2v) is 7.01. The minimum atomic E-state index is -3.23. The summed E-state index contributed by atoms with van der Waals surface area (Å²) in [6.07, 6.45) is 3.21. The quantitative estimate of drug-likeness (QED) is 0.699. The Labute approximate surface area is 111 Å². The van der Waals surface area contributed by atoms with Crippen molar-refractivity contribution < 1.29 is 8.42 Å². The van der Waals surface area contributed by atoms with Gasteiger partial charge >= 0.3 is 0 Å². The number of rotatable bonds is 7. The fourth-order valence-electron chi connectivity index (χ4n) is 1.99. The third-order valence-electron chi connectivity index (χ3n) is 2.97. The summed E-state index contributed by atoms with van der Waals surface area (Å²) in [6.45, 7) is 7.81. The maximum absolute atomic E-state index is 12.5. The second kappa shape index (κ2) is 6.74. The van der Waals surface area contributed by atoms with Crippen molar-refractivity contribution in [3.8, 4) is 0 Å². The third kappa shape index (κ3) is 3.98. The molecule has 0 radical (unpaired) electrons. The van der Waals surface area contributed by atoms with Crippen LogP contribution < -0.4 is 0 Å². The van der Waals surface area contributed by atoms with E-state index in [4.69, 9.17) is 0 Å². The van der Waals surface area contributed by atoms with Gasteiger partial charge in [-0.1, -0.05) is 43.5 Å². The maximum atomic E-state index is 12.5. The Hall–Kier alpha value is -1.09. The van der Waals surface area contributed by atoms with Crippen molar-refractivity contribution in [2.24, 2.45) is 0 Å². The van der Waals surface area contributed by atoms with Crippen molar-refractivity contribution in [3.05, 3.63) is 42.5 Å². The Morgan fingerprint density at radius 3 is 2.39 bits per heavy atom. The van der Waals surface area contributed by atoms with Crippen molar-refractivity contribution in [2.75, 3.05) is 0 Å². The van der Waals surface area contributed by atoms with E-state index in [1.54, 1.807) is 24.3 Å². The Morgan fingerprint density at radius 2 is 1.89 bits per heavy atom. The Kier molecular flexibility index (Phi) is 5.60. The molecule has 2 nitrogen and oxygen atoms in total. The zero-order valence-corrected chi connectivity index (χ0v) is 12.0. The van der Waals surface area contributed by atoms with Crippen LogP contribution in [0, 0.1) is 0 Å². The van der Waals surface area contributed by atoms with Gasteiger partial charge < -0.3 is 0 Å². The monoisotopic (exact) mass is 266 g/mol. The zero-order valence-electron chi connectivity index (χ0n) is 11.2. The highest BCUT2D eigenvalue weighted by molar-refractivity contribution is 7.92. The first kappa shape index (κ1) is 15.0. The highest BCUT2D eigenvalue weighted by atomic mass is 32.2. The van der Waals surface area contributed by atoms with Crippen molar-refractivity contribution in [2.45, 2.75) is 49.7 Å². The van der Waals surface area contributed by atoms with Gasteiger partial charge in [0.2, 0.25) is 0 Å². The van der Waals surface area contributed by atoms with E-state index in [-0.39, 0.29) is 5.25 Å². The van der Waals surface area contributed by atoms with Gasteiger partial charge in [-0.15, -0.1) is 6.58 Å². The normalized spacial score (nSPS) is 13.2. The summed E-state index contributed by atoms with van der Waals surface area (Å²) in [5.41, 5.74) is 0.926. The predicted octanol–water partition coefficient (Wildman–Crippen LogP) is 3.99. The van der Waals surface area contributed by atoms with Gasteiger partial charge in [0.05, 0.1) is 10.1 Å². The molecule has 18 heavy (non-hydrogen) atoms. The summed E-state index contributed by atoms with van der Waals surface area (Å²) in [7, 11) is -3.23. The van der Waals surface area contributed by atoms with Gasteiger partial charge in [0, 0.05) is 0 Å². The third-order valence-corrected chi connectivity index (χ3v) is 5.18. The smallest absolute Gasteiger partial charge is 0.181 e. The van der Waals surface area contributed by atoms with E-state index in [2.05, 4.69) is 13.5 Å². The molecule has 1 aromatic carbocycles. The van der Waals surface area contributed by atoms with Crippen LogP contribution in [0.15, 0.2) is 47.4 Å². The van der Waals surface area contributed by atoms with Gasteiger partial charge in [-0.3, -0.25) is 0 Å². The summed E-state index contributed by atoms with van der Waals surface area (Å²) < 4.78 is 25.1. The highest BCUT2D eigenvalue weighted by Gasteiger charge is 2.26. The van der Waals surface area contributed by atoms with E-state index < -0.39 is 9.84 Å². The van der Waals surface area contributed by atoms with Crippen LogP contribution in [0.1, 0.15) is 39.5 Å². The van der Waals surface area contributed by atoms with Gasteiger partial charge in [0.1, 0.15) is 0 Å². The molecule has 1 rings (SSSR count). The molecule has 100 valence electrons. The lowest BCUT2D eigenvalue weighted by Gasteiger charge is -2.17. The SMILES string of the molecule is C=C(C)CC(CCCC)S(=O)(=O)c1ccccc1. The number of benzene rings is 1. The molecule has 0 saturated heterocycles. The molecule has 0 aliphatic rings. The molecule has 3 heteroatoms. The van der Waals surface area contributed by atoms with Crippen molar-refractivity contribution in [3.63, 3.8) is 0 Å². The molecule has 0 aromatic heterocycles.